The quantitative estimate of drug-likeness (QED) is 0.538. The number of carbonyl (C=O) groups is 1. The third kappa shape index (κ3) is 4.18. The number of fused-ring (bicyclic) bond motifs is 2. The van der Waals surface area contributed by atoms with E-state index in [0.717, 1.165) is 5.56 Å². The first-order valence-corrected chi connectivity index (χ1v) is 11.9. The highest BCUT2D eigenvalue weighted by atomic mass is 32.2. The van der Waals surface area contributed by atoms with Crippen LogP contribution in [-0.4, -0.2) is 40.2 Å². The molecule has 0 bridgehead atoms. The summed E-state index contributed by atoms with van der Waals surface area (Å²) in [5, 5.41) is 0.544. The van der Waals surface area contributed by atoms with Crippen molar-refractivity contribution in [1.29, 1.82) is 0 Å². The molecule has 3 aromatic rings. The number of aryl methyl sites for hydroxylation is 1. The fraction of sp³-hybridized carbons (Fsp3) is 0.348. The second-order valence-corrected chi connectivity index (χ2v) is 9.16. The van der Waals surface area contributed by atoms with Crippen molar-refractivity contribution >= 4 is 27.0 Å². The summed E-state index contributed by atoms with van der Waals surface area (Å²) >= 11 is 0. The highest BCUT2D eigenvalue weighted by Crippen LogP contribution is 2.35. The molecule has 1 aliphatic rings. The summed E-state index contributed by atoms with van der Waals surface area (Å²) in [6.45, 7) is 6.23. The fourth-order valence-electron chi connectivity index (χ4n) is 3.78. The van der Waals surface area contributed by atoms with Gasteiger partial charge in [-0.3, -0.25) is 0 Å². The van der Waals surface area contributed by atoms with Crippen LogP contribution < -0.4 is 14.2 Å². The number of furan rings is 1. The molecule has 0 unspecified atom stereocenters. The lowest BCUT2D eigenvalue weighted by atomic mass is 10.0. The smallest absolute Gasteiger partial charge is 0.374 e. The van der Waals surface area contributed by atoms with Crippen molar-refractivity contribution in [2.24, 2.45) is 0 Å². The molecule has 0 amide bonds. The molecule has 1 N–H and O–H groups in total. The van der Waals surface area contributed by atoms with Gasteiger partial charge in [-0.1, -0.05) is 12.1 Å². The molecule has 32 heavy (non-hydrogen) atoms. The Labute approximate surface area is 186 Å². The molecule has 1 aromatic heterocycles. The molecular formula is C23H25NO7S. The molecule has 1 aliphatic heterocycles. The Kier molecular flexibility index (Phi) is 6.12. The first kappa shape index (κ1) is 22.2. The van der Waals surface area contributed by atoms with Crippen LogP contribution in [0.15, 0.2) is 45.7 Å². The Morgan fingerprint density at radius 1 is 1.19 bits per heavy atom. The zero-order valence-electron chi connectivity index (χ0n) is 18.1. The van der Waals surface area contributed by atoms with Gasteiger partial charge in [0.25, 0.3) is 0 Å². The van der Waals surface area contributed by atoms with Gasteiger partial charge in [0.15, 0.2) is 11.5 Å². The van der Waals surface area contributed by atoms with E-state index in [1.165, 1.54) is 12.1 Å². The summed E-state index contributed by atoms with van der Waals surface area (Å²) < 4.78 is 50.9. The lowest BCUT2D eigenvalue weighted by molar-refractivity contribution is 0.0491. The highest BCUT2D eigenvalue weighted by Gasteiger charge is 2.28. The summed E-state index contributed by atoms with van der Waals surface area (Å²) in [6.07, 6.45) is 0.482. The summed E-state index contributed by atoms with van der Waals surface area (Å²) in [7, 11) is -3.83. The van der Waals surface area contributed by atoms with Crippen molar-refractivity contribution in [2.45, 2.75) is 38.1 Å². The standard InChI is InChI=1S/C23H25NO7S/c1-4-28-20-8-6-7-15-11-16(13-30-22(15)20)24-32(26,27)17-9-10-19-18(12-17)14(3)21(31-19)23(25)29-5-2/h6-10,12,16,24H,4-5,11,13H2,1-3H3/t16-/m0/s1. The maximum Gasteiger partial charge on any atom is 0.374 e. The van der Waals surface area contributed by atoms with Gasteiger partial charge in [0.05, 0.1) is 24.2 Å². The van der Waals surface area contributed by atoms with Gasteiger partial charge >= 0.3 is 5.97 Å². The minimum Gasteiger partial charge on any atom is -0.490 e. The topological polar surface area (TPSA) is 104 Å². The molecule has 0 saturated heterocycles. The van der Waals surface area contributed by atoms with E-state index < -0.39 is 22.0 Å². The van der Waals surface area contributed by atoms with Gasteiger partial charge in [-0.05, 0) is 57.0 Å². The second-order valence-electron chi connectivity index (χ2n) is 7.45. The number of benzene rings is 2. The molecular weight excluding hydrogens is 434 g/mol. The number of hydrogen-bond acceptors (Lipinski definition) is 7. The number of nitrogens with one attached hydrogen (secondary N) is 1. The van der Waals surface area contributed by atoms with Crippen LogP contribution >= 0.6 is 0 Å². The SMILES string of the molecule is CCOC(=O)c1oc2ccc(S(=O)(=O)N[C@@H]3COc4c(cccc4OCC)C3)cc2c1C. The van der Waals surface area contributed by atoms with E-state index >= 15 is 0 Å². The van der Waals surface area contributed by atoms with E-state index in [9.17, 15) is 13.2 Å². The highest BCUT2D eigenvalue weighted by molar-refractivity contribution is 7.89. The number of ether oxygens (including phenoxy) is 3. The summed E-state index contributed by atoms with van der Waals surface area (Å²) in [5.41, 5.74) is 1.84. The van der Waals surface area contributed by atoms with Crippen molar-refractivity contribution in [1.82, 2.24) is 4.72 Å². The average molecular weight is 460 g/mol. The van der Waals surface area contributed by atoms with Crippen LogP contribution in [-0.2, 0) is 21.2 Å². The molecule has 9 heteroatoms. The third-order valence-electron chi connectivity index (χ3n) is 5.26. The number of esters is 1. The van der Waals surface area contributed by atoms with E-state index in [0.29, 0.717) is 41.1 Å². The van der Waals surface area contributed by atoms with Crippen LogP contribution in [0.1, 0.15) is 35.5 Å². The largest absolute Gasteiger partial charge is 0.490 e. The number of rotatable bonds is 7. The Hall–Kier alpha value is -3.04. The molecule has 170 valence electrons. The minimum absolute atomic E-state index is 0.0757. The Bertz CT molecular complexity index is 1260. The van der Waals surface area contributed by atoms with Crippen molar-refractivity contribution in [3.8, 4) is 11.5 Å². The molecule has 0 radical (unpaired) electrons. The van der Waals surface area contributed by atoms with E-state index in [1.807, 2.05) is 25.1 Å². The molecule has 8 nitrogen and oxygen atoms in total. The Balaban J connectivity index is 1.57. The summed E-state index contributed by atoms with van der Waals surface area (Å²) in [6, 6.07) is 9.66. The Morgan fingerprint density at radius 3 is 2.75 bits per heavy atom. The van der Waals surface area contributed by atoms with Crippen LogP contribution in [0.5, 0.6) is 11.5 Å². The van der Waals surface area contributed by atoms with E-state index in [-0.39, 0.29) is 23.9 Å². The van der Waals surface area contributed by atoms with E-state index in [2.05, 4.69) is 4.72 Å². The van der Waals surface area contributed by atoms with Crippen molar-refractivity contribution in [2.75, 3.05) is 19.8 Å². The van der Waals surface area contributed by atoms with Gasteiger partial charge in [0.1, 0.15) is 12.2 Å². The molecule has 0 aliphatic carbocycles. The maximum atomic E-state index is 13.1. The molecule has 4 rings (SSSR count). The van der Waals surface area contributed by atoms with Gasteiger partial charge < -0.3 is 18.6 Å². The average Bonchev–Trinajstić information content (AvgIpc) is 3.10. The zero-order chi connectivity index (χ0) is 22.9. The Morgan fingerprint density at radius 2 is 2.00 bits per heavy atom. The van der Waals surface area contributed by atoms with E-state index in [1.54, 1.807) is 19.9 Å². The predicted molar refractivity (Wildman–Crippen MR) is 118 cm³/mol. The van der Waals surface area contributed by atoms with Crippen molar-refractivity contribution in [3.05, 3.63) is 53.3 Å². The van der Waals surface area contributed by atoms with Gasteiger partial charge in [-0.2, -0.15) is 0 Å². The zero-order valence-corrected chi connectivity index (χ0v) is 19.0. The molecule has 0 spiro atoms. The van der Waals surface area contributed by atoms with Crippen molar-refractivity contribution < 1.29 is 31.8 Å². The van der Waals surface area contributed by atoms with Crippen molar-refractivity contribution in [3.63, 3.8) is 0 Å². The van der Waals surface area contributed by atoms with Crippen LogP contribution in [0.25, 0.3) is 11.0 Å². The normalized spacial score (nSPS) is 15.8. The van der Waals surface area contributed by atoms with Gasteiger partial charge in [-0.25, -0.2) is 17.9 Å². The molecule has 2 aromatic carbocycles. The third-order valence-corrected chi connectivity index (χ3v) is 6.77. The molecule has 0 fully saturated rings. The minimum atomic E-state index is -3.83. The van der Waals surface area contributed by atoms with Gasteiger partial charge in [0.2, 0.25) is 15.8 Å². The van der Waals surface area contributed by atoms with Gasteiger partial charge in [-0.15, -0.1) is 0 Å². The summed E-state index contributed by atoms with van der Waals surface area (Å²) in [5.74, 6) is 0.816. The number of para-hydroxylation sites is 1. The van der Waals surface area contributed by atoms with Crippen LogP contribution in [0.3, 0.4) is 0 Å². The van der Waals surface area contributed by atoms with Gasteiger partial charge in [0, 0.05) is 10.9 Å². The molecule has 2 heterocycles. The lowest BCUT2D eigenvalue weighted by Gasteiger charge is -2.27. The first-order chi connectivity index (χ1) is 15.3. The fourth-order valence-corrected chi connectivity index (χ4v) is 5.03. The molecule has 0 saturated carbocycles. The first-order valence-electron chi connectivity index (χ1n) is 10.4. The summed E-state index contributed by atoms with van der Waals surface area (Å²) in [4.78, 5) is 12.2. The number of carbonyl (C=O) groups excluding carboxylic acids is 1. The molecule has 1 atom stereocenters. The van der Waals surface area contributed by atoms with E-state index in [4.69, 9.17) is 18.6 Å². The second kappa shape index (κ2) is 8.84. The maximum absolute atomic E-state index is 13.1. The lowest BCUT2D eigenvalue weighted by Crippen LogP contribution is -2.42. The number of sulfonamides is 1. The predicted octanol–water partition coefficient (Wildman–Crippen LogP) is 3.60. The van der Waals surface area contributed by atoms with Crippen LogP contribution in [0.2, 0.25) is 0 Å². The van der Waals surface area contributed by atoms with Crippen LogP contribution in [0, 0.1) is 6.92 Å². The number of hydrogen-bond donors (Lipinski definition) is 1. The van der Waals surface area contributed by atoms with Crippen LogP contribution in [0.4, 0.5) is 0 Å². The monoisotopic (exact) mass is 459 g/mol.